The van der Waals surface area contributed by atoms with Crippen molar-refractivity contribution in [3.8, 4) is 0 Å². The van der Waals surface area contributed by atoms with Crippen LogP contribution >= 0.6 is 0 Å². The standard InChI is InChI=1S/C31H36F6N4O2/c32-30(33,34)24-17-23(18-25(19-24)31(35,36)37)29(43)41-9-7-22(15-27(41)14-21-4-2-1-3-5-21)16-28(42)40-12-10-39(11-13-40)26-6-8-38-20-26/h1-5,17-19,22,26-27,38H,6-16,20H2. The minimum atomic E-state index is -5.05. The van der Waals surface area contributed by atoms with Crippen LogP contribution in [0, 0.1) is 5.92 Å². The number of hydrogen-bond acceptors (Lipinski definition) is 4. The Hall–Kier alpha value is -3.12. The first-order valence-electron chi connectivity index (χ1n) is 14.8. The lowest BCUT2D eigenvalue weighted by atomic mass is 9.84. The van der Waals surface area contributed by atoms with E-state index in [1.807, 2.05) is 35.2 Å². The maximum atomic E-state index is 13.6. The lowest BCUT2D eigenvalue weighted by molar-refractivity contribution is -0.143. The van der Waals surface area contributed by atoms with E-state index in [-0.39, 0.29) is 24.4 Å². The number of hydrogen-bond donors (Lipinski definition) is 1. The Morgan fingerprint density at radius 2 is 1.49 bits per heavy atom. The minimum Gasteiger partial charge on any atom is -0.340 e. The highest BCUT2D eigenvalue weighted by molar-refractivity contribution is 5.95. The largest absolute Gasteiger partial charge is 0.416 e. The maximum Gasteiger partial charge on any atom is 0.416 e. The average molecular weight is 611 g/mol. The molecule has 0 aromatic heterocycles. The van der Waals surface area contributed by atoms with Gasteiger partial charge in [-0.05, 0) is 61.9 Å². The number of halogens is 6. The Bertz CT molecular complexity index is 1240. The lowest BCUT2D eigenvalue weighted by Crippen LogP contribution is -2.53. The molecule has 2 aromatic carbocycles. The molecule has 0 bridgehead atoms. The number of carbonyl (C=O) groups is 2. The molecule has 1 N–H and O–H groups in total. The summed E-state index contributed by atoms with van der Waals surface area (Å²) in [5.74, 6) is -0.894. The van der Waals surface area contributed by atoms with Crippen molar-refractivity contribution in [2.24, 2.45) is 5.92 Å². The minimum absolute atomic E-state index is 0.0283. The maximum absolute atomic E-state index is 13.6. The van der Waals surface area contributed by atoms with Gasteiger partial charge in [-0.3, -0.25) is 14.5 Å². The quantitative estimate of drug-likeness (QED) is 0.464. The number of nitrogens with one attached hydrogen (secondary N) is 1. The summed E-state index contributed by atoms with van der Waals surface area (Å²) in [5, 5.41) is 3.37. The molecule has 0 spiro atoms. The molecule has 2 amide bonds. The molecule has 12 heteroatoms. The number of likely N-dealkylation sites (tertiary alicyclic amines) is 1. The van der Waals surface area contributed by atoms with Gasteiger partial charge in [0.1, 0.15) is 0 Å². The summed E-state index contributed by atoms with van der Waals surface area (Å²) in [6.07, 6.45) is -7.48. The summed E-state index contributed by atoms with van der Waals surface area (Å²) in [7, 11) is 0. The van der Waals surface area contributed by atoms with Gasteiger partial charge in [-0.15, -0.1) is 0 Å². The highest BCUT2D eigenvalue weighted by Crippen LogP contribution is 2.37. The first-order valence-corrected chi connectivity index (χ1v) is 14.8. The Kier molecular flexibility index (Phi) is 9.36. The molecule has 3 aliphatic rings. The van der Waals surface area contributed by atoms with Gasteiger partial charge in [0.2, 0.25) is 5.91 Å². The summed E-state index contributed by atoms with van der Waals surface area (Å²) in [4.78, 5) is 32.5. The van der Waals surface area contributed by atoms with E-state index in [2.05, 4.69) is 10.2 Å². The van der Waals surface area contributed by atoms with E-state index >= 15 is 0 Å². The summed E-state index contributed by atoms with van der Waals surface area (Å²) >= 11 is 0. The molecule has 43 heavy (non-hydrogen) atoms. The average Bonchev–Trinajstić information content (AvgIpc) is 3.52. The second-order valence-corrected chi connectivity index (χ2v) is 11.8. The number of piperidine rings is 1. The molecule has 234 valence electrons. The molecule has 3 unspecified atom stereocenters. The lowest BCUT2D eigenvalue weighted by Gasteiger charge is -2.41. The van der Waals surface area contributed by atoms with Gasteiger partial charge in [-0.2, -0.15) is 26.3 Å². The smallest absolute Gasteiger partial charge is 0.340 e. The van der Waals surface area contributed by atoms with E-state index in [0.717, 1.165) is 38.2 Å². The molecule has 6 nitrogen and oxygen atoms in total. The molecule has 0 radical (unpaired) electrons. The van der Waals surface area contributed by atoms with Crippen LogP contribution < -0.4 is 5.32 Å². The van der Waals surface area contributed by atoms with Crippen LogP contribution in [0.1, 0.15) is 52.7 Å². The summed E-state index contributed by atoms with van der Waals surface area (Å²) in [6, 6.07) is 10.2. The van der Waals surface area contributed by atoms with E-state index in [0.29, 0.717) is 56.9 Å². The van der Waals surface area contributed by atoms with Gasteiger partial charge in [0, 0.05) is 63.3 Å². The predicted molar refractivity (Wildman–Crippen MR) is 148 cm³/mol. The van der Waals surface area contributed by atoms with Gasteiger partial charge in [-0.25, -0.2) is 0 Å². The number of rotatable bonds is 6. The first-order chi connectivity index (χ1) is 20.4. The third-order valence-electron chi connectivity index (χ3n) is 8.92. The van der Waals surface area contributed by atoms with Crippen LogP contribution in [-0.4, -0.2) is 84.4 Å². The first kappa shape index (κ1) is 31.3. The molecular weight excluding hydrogens is 574 g/mol. The topological polar surface area (TPSA) is 55.9 Å². The monoisotopic (exact) mass is 610 g/mol. The van der Waals surface area contributed by atoms with Crippen molar-refractivity contribution in [3.05, 3.63) is 70.8 Å². The van der Waals surface area contributed by atoms with E-state index in [1.165, 1.54) is 4.90 Å². The zero-order valence-electron chi connectivity index (χ0n) is 23.8. The van der Waals surface area contributed by atoms with Crippen LogP contribution in [0.3, 0.4) is 0 Å². The summed E-state index contributed by atoms with van der Waals surface area (Å²) in [5.41, 5.74) is -2.80. The molecule has 3 aliphatic heterocycles. The zero-order chi connectivity index (χ0) is 30.8. The van der Waals surface area contributed by atoms with Crippen molar-refractivity contribution in [1.82, 2.24) is 20.0 Å². The zero-order valence-corrected chi connectivity index (χ0v) is 23.8. The molecule has 5 rings (SSSR count). The van der Waals surface area contributed by atoms with Crippen molar-refractivity contribution in [3.63, 3.8) is 0 Å². The van der Waals surface area contributed by atoms with Crippen molar-refractivity contribution in [1.29, 1.82) is 0 Å². The van der Waals surface area contributed by atoms with Crippen molar-refractivity contribution in [2.45, 2.75) is 56.5 Å². The van der Waals surface area contributed by atoms with Gasteiger partial charge in [-0.1, -0.05) is 30.3 Å². The number of amides is 2. The van der Waals surface area contributed by atoms with Crippen LogP contribution in [0.15, 0.2) is 48.5 Å². The normalized spacial score (nSPS) is 23.9. The number of piperazine rings is 1. The van der Waals surface area contributed by atoms with Gasteiger partial charge < -0.3 is 15.1 Å². The van der Waals surface area contributed by atoms with Crippen molar-refractivity contribution in [2.75, 3.05) is 45.8 Å². The van der Waals surface area contributed by atoms with E-state index < -0.39 is 41.0 Å². The van der Waals surface area contributed by atoms with Crippen LogP contribution in [-0.2, 0) is 23.6 Å². The number of carbonyl (C=O) groups excluding carboxylic acids is 2. The van der Waals surface area contributed by atoms with Crippen LogP contribution in [0.5, 0.6) is 0 Å². The molecular formula is C31H36F6N4O2. The molecule has 0 aliphatic carbocycles. The molecule has 3 saturated heterocycles. The third-order valence-corrected chi connectivity index (χ3v) is 8.92. The fraction of sp³-hybridized carbons (Fsp3) is 0.548. The molecule has 3 heterocycles. The Labute approximate surface area is 247 Å². The molecule has 3 fully saturated rings. The van der Waals surface area contributed by atoms with E-state index in [9.17, 15) is 35.9 Å². The third kappa shape index (κ3) is 7.70. The summed E-state index contributed by atoms with van der Waals surface area (Å²) < 4.78 is 81.0. The molecule has 0 saturated carbocycles. The van der Waals surface area contributed by atoms with Gasteiger partial charge in [0.05, 0.1) is 11.1 Å². The van der Waals surface area contributed by atoms with Gasteiger partial charge >= 0.3 is 12.4 Å². The fourth-order valence-electron chi connectivity index (χ4n) is 6.57. The van der Waals surface area contributed by atoms with E-state index in [4.69, 9.17) is 0 Å². The Morgan fingerprint density at radius 1 is 0.837 bits per heavy atom. The number of benzene rings is 2. The van der Waals surface area contributed by atoms with Gasteiger partial charge in [0.25, 0.3) is 5.91 Å². The van der Waals surface area contributed by atoms with Crippen molar-refractivity contribution < 1.29 is 35.9 Å². The second-order valence-electron chi connectivity index (χ2n) is 11.8. The Morgan fingerprint density at radius 3 is 2.07 bits per heavy atom. The van der Waals surface area contributed by atoms with E-state index in [1.54, 1.807) is 0 Å². The van der Waals surface area contributed by atoms with Crippen LogP contribution in [0.25, 0.3) is 0 Å². The fourth-order valence-corrected chi connectivity index (χ4v) is 6.57. The molecule has 2 aromatic rings. The second kappa shape index (κ2) is 12.9. The van der Waals surface area contributed by atoms with Crippen LogP contribution in [0.2, 0.25) is 0 Å². The van der Waals surface area contributed by atoms with Crippen LogP contribution in [0.4, 0.5) is 26.3 Å². The highest BCUT2D eigenvalue weighted by atomic mass is 19.4. The van der Waals surface area contributed by atoms with Crippen molar-refractivity contribution >= 4 is 11.8 Å². The number of nitrogens with zero attached hydrogens (tertiary/aromatic N) is 3. The molecule has 3 atom stereocenters. The van der Waals surface area contributed by atoms with Gasteiger partial charge in [0.15, 0.2) is 0 Å². The highest BCUT2D eigenvalue weighted by Gasteiger charge is 2.40. The predicted octanol–water partition coefficient (Wildman–Crippen LogP) is 5.08. The Balaban J connectivity index is 1.30. The SMILES string of the molecule is O=C(CC1CCN(C(=O)c2cc(C(F)(F)F)cc(C(F)(F)F)c2)C(Cc2ccccc2)C1)N1CCN(C2CCNC2)CC1. The number of alkyl halides is 6. The summed E-state index contributed by atoms with van der Waals surface area (Å²) in [6.45, 7) is 5.04.